The number of aliphatic hydroxyl groups is 1. The third-order valence-corrected chi connectivity index (χ3v) is 7.29. The van der Waals surface area contributed by atoms with Crippen LogP contribution in [0.4, 0.5) is 9.52 Å². The van der Waals surface area contributed by atoms with Crippen LogP contribution < -0.4 is 14.4 Å². The van der Waals surface area contributed by atoms with Crippen LogP contribution in [0.1, 0.15) is 28.3 Å². The van der Waals surface area contributed by atoms with E-state index in [1.807, 2.05) is 19.9 Å². The minimum atomic E-state index is -1.01. The molecule has 1 N–H and O–H groups in total. The third kappa shape index (κ3) is 4.11. The van der Waals surface area contributed by atoms with Gasteiger partial charge in [0, 0.05) is 0 Å². The monoisotopic (exact) mass is 518 g/mol. The Balaban J connectivity index is 1.78. The molecule has 0 aliphatic carbocycles. The maximum Gasteiger partial charge on any atom is 0.301 e. The first kappa shape index (κ1) is 24.5. The number of thiazole rings is 1. The van der Waals surface area contributed by atoms with Crippen LogP contribution >= 0.6 is 11.3 Å². The number of ether oxygens (including phenoxy) is 2. The van der Waals surface area contributed by atoms with Crippen molar-refractivity contribution < 1.29 is 28.6 Å². The van der Waals surface area contributed by atoms with Gasteiger partial charge in [-0.15, -0.1) is 0 Å². The van der Waals surface area contributed by atoms with E-state index in [1.54, 1.807) is 30.3 Å². The SMILES string of the molecule is COc1cccc(C2/C(=C(\O)c3cc(C)cc(C)c3OC)C(=O)C(=O)N2c2nc3ccc(F)cc3s2)c1. The fourth-order valence-electron chi connectivity index (χ4n) is 4.69. The average molecular weight is 519 g/mol. The van der Waals surface area contributed by atoms with Crippen LogP contribution in [0, 0.1) is 19.7 Å². The summed E-state index contributed by atoms with van der Waals surface area (Å²) < 4.78 is 25.3. The molecule has 188 valence electrons. The lowest BCUT2D eigenvalue weighted by atomic mass is 9.93. The Morgan fingerprint density at radius 2 is 1.84 bits per heavy atom. The number of aromatic nitrogens is 1. The second-order valence-electron chi connectivity index (χ2n) is 8.72. The van der Waals surface area contributed by atoms with Crippen molar-refractivity contribution in [3.05, 3.63) is 88.2 Å². The minimum Gasteiger partial charge on any atom is -0.507 e. The van der Waals surface area contributed by atoms with Crippen molar-refractivity contribution >= 4 is 44.1 Å². The molecular weight excluding hydrogens is 495 g/mol. The van der Waals surface area contributed by atoms with Gasteiger partial charge in [-0.2, -0.15) is 0 Å². The fourth-order valence-corrected chi connectivity index (χ4v) is 5.71. The van der Waals surface area contributed by atoms with Gasteiger partial charge in [-0.25, -0.2) is 9.37 Å². The van der Waals surface area contributed by atoms with E-state index in [2.05, 4.69) is 4.98 Å². The van der Waals surface area contributed by atoms with E-state index in [-0.39, 0.29) is 16.5 Å². The van der Waals surface area contributed by atoms with Gasteiger partial charge in [0.15, 0.2) is 5.13 Å². The van der Waals surface area contributed by atoms with Gasteiger partial charge in [0.25, 0.3) is 5.78 Å². The summed E-state index contributed by atoms with van der Waals surface area (Å²) in [5, 5.41) is 11.8. The van der Waals surface area contributed by atoms with Crippen LogP contribution in [0.15, 0.2) is 60.2 Å². The molecule has 3 aromatic carbocycles. The number of anilines is 1. The Bertz CT molecular complexity index is 1610. The van der Waals surface area contributed by atoms with Gasteiger partial charge in [-0.3, -0.25) is 14.5 Å². The van der Waals surface area contributed by atoms with Gasteiger partial charge in [-0.1, -0.05) is 29.5 Å². The summed E-state index contributed by atoms with van der Waals surface area (Å²) in [7, 11) is 2.99. The summed E-state index contributed by atoms with van der Waals surface area (Å²) in [5.41, 5.74) is 2.84. The van der Waals surface area contributed by atoms with E-state index in [9.17, 15) is 19.1 Å². The van der Waals surface area contributed by atoms with E-state index in [1.165, 1.54) is 37.3 Å². The molecule has 0 saturated carbocycles. The largest absolute Gasteiger partial charge is 0.507 e. The molecule has 0 radical (unpaired) electrons. The van der Waals surface area contributed by atoms with Crippen molar-refractivity contribution in [3.8, 4) is 11.5 Å². The maximum absolute atomic E-state index is 13.9. The topological polar surface area (TPSA) is 89.0 Å². The molecule has 1 aliphatic heterocycles. The molecule has 1 fully saturated rings. The van der Waals surface area contributed by atoms with Gasteiger partial charge in [0.1, 0.15) is 23.1 Å². The van der Waals surface area contributed by atoms with Crippen LogP contribution in [0.2, 0.25) is 0 Å². The molecule has 1 aliphatic rings. The van der Waals surface area contributed by atoms with Crippen molar-refractivity contribution in [2.24, 2.45) is 0 Å². The first-order valence-electron chi connectivity index (χ1n) is 11.4. The molecular formula is C28H23FN2O5S. The predicted molar refractivity (Wildman–Crippen MR) is 140 cm³/mol. The molecule has 1 aromatic heterocycles. The second kappa shape index (κ2) is 9.33. The van der Waals surface area contributed by atoms with Gasteiger partial charge in [0.2, 0.25) is 0 Å². The van der Waals surface area contributed by atoms with E-state index < -0.39 is 23.5 Å². The van der Waals surface area contributed by atoms with Crippen molar-refractivity contribution in [1.82, 2.24) is 4.98 Å². The van der Waals surface area contributed by atoms with E-state index in [0.717, 1.165) is 22.5 Å². The highest BCUT2D eigenvalue weighted by Crippen LogP contribution is 2.46. The quantitative estimate of drug-likeness (QED) is 0.207. The lowest BCUT2D eigenvalue weighted by Gasteiger charge is -2.23. The lowest BCUT2D eigenvalue weighted by molar-refractivity contribution is -0.132. The molecule has 1 amide bonds. The van der Waals surface area contributed by atoms with Crippen LogP contribution in [-0.4, -0.2) is 36.0 Å². The second-order valence-corrected chi connectivity index (χ2v) is 9.73. The summed E-state index contributed by atoms with van der Waals surface area (Å²) in [6.07, 6.45) is 0. The Hall–Kier alpha value is -4.24. The molecule has 4 aromatic rings. The standard InChI is InChI=1S/C28H23FN2O5S/c1-14-10-15(2)26(36-4)19(11-14)24(32)22-23(16-6-5-7-18(12-16)35-3)31(27(34)25(22)33)28-30-20-9-8-17(29)13-21(20)37-28/h5-13,23,32H,1-4H3/b24-22+. The highest BCUT2D eigenvalue weighted by molar-refractivity contribution is 7.22. The highest BCUT2D eigenvalue weighted by atomic mass is 32.1. The fraction of sp³-hybridized carbons (Fsp3) is 0.179. The molecule has 37 heavy (non-hydrogen) atoms. The molecule has 1 unspecified atom stereocenters. The number of hydrogen-bond donors (Lipinski definition) is 1. The number of ketones is 1. The molecule has 9 heteroatoms. The average Bonchev–Trinajstić information content (AvgIpc) is 3.40. The normalized spacial score (nSPS) is 17.0. The number of fused-ring (bicyclic) bond motifs is 1. The number of aryl methyl sites for hydroxylation is 2. The van der Waals surface area contributed by atoms with Crippen LogP contribution in [0.25, 0.3) is 16.0 Å². The number of hydrogen-bond acceptors (Lipinski definition) is 7. The summed E-state index contributed by atoms with van der Waals surface area (Å²) in [4.78, 5) is 32.8. The molecule has 7 nitrogen and oxygen atoms in total. The number of carbonyl (C=O) groups is 2. The van der Waals surface area contributed by atoms with Crippen LogP contribution in [0.3, 0.4) is 0 Å². The summed E-state index contributed by atoms with van der Waals surface area (Å²) in [6.45, 7) is 3.70. The number of aliphatic hydroxyl groups excluding tert-OH is 1. The molecule has 1 saturated heterocycles. The number of rotatable bonds is 5. The van der Waals surface area contributed by atoms with Crippen molar-refractivity contribution in [2.45, 2.75) is 19.9 Å². The zero-order valence-electron chi connectivity index (χ0n) is 20.5. The third-order valence-electron chi connectivity index (χ3n) is 6.28. The highest BCUT2D eigenvalue weighted by Gasteiger charge is 2.48. The van der Waals surface area contributed by atoms with Crippen LogP contribution in [-0.2, 0) is 9.59 Å². The Labute approximate surface area is 216 Å². The number of Topliss-reactive ketones (excluding diaryl/α,β-unsaturated/α-hetero) is 1. The lowest BCUT2D eigenvalue weighted by Crippen LogP contribution is -2.29. The first-order chi connectivity index (χ1) is 17.7. The van der Waals surface area contributed by atoms with Crippen molar-refractivity contribution in [2.75, 3.05) is 19.1 Å². The van der Waals surface area contributed by atoms with Crippen molar-refractivity contribution in [3.63, 3.8) is 0 Å². The maximum atomic E-state index is 13.9. The molecule has 5 rings (SSSR count). The summed E-state index contributed by atoms with van der Waals surface area (Å²) in [5.74, 6) is -1.60. The number of halogens is 1. The van der Waals surface area contributed by atoms with Gasteiger partial charge in [0.05, 0.1) is 41.6 Å². The predicted octanol–water partition coefficient (Wildman–Crippen LogP) is 5.70. The summed E-state index contributed by atoms with van der Waals surface area (Å²) in [6, 6.07) is 13.6. The molecule has 0 spiro atoms. The van der Waals surface area contributed by atoms with E-state index in [0.29, 0.717) is 32.8 Å². The van der Waals surface area contributed by atoms with Gasteiger partial charge >= 0.3 is 5.91 Å². The number of amides is 1. The Morgan fingerprint density at radius 1 is 1.05 bits per heavy atom. The number of benzene rings is 3. The summed E-state index contributed by atoms with van der Waals surface area (Å²) >= 11 is 1.09. The number of methoxy groups -OCH3 is 2. The Kier molecular flexibility index (Phi) is 6.16. The smallest absolute Gasteiger partial charge is 0.301 e. The van der Waals surface area contributed by atoms with E-state index in [4.69, 9.17) is 9.47 Å². The first-order valence-corrected chi connectivity index (χ1v) is 12.2. The number of nitrogens with zero attached hydrogens (tertiary/aromatic N) is 2. The molecule has 0 bridgehead atoms. The molecule has 1 atom stereocenters. The zero-order chi connectivity index (χ0) is 26.4. The van der Waals surface area contributed by atoms with E-state index >= 15 is 0 Å². The van der Waals surface area contributed by atoms with Gasteiger partial charge in [-0.05, 0) is 66.9 Å². The van der Waals surface area contributed by atoms with Gasteiger partial charge < -0.3 is 14.6 Å². The number of carbonyl (C=O) groups excluding carboxylic acids is 2. The van der Waals surface area contributed by atoms with Crippen molar-refractivity contribution in [1.29, 1.82) is 0 Å². The Morgan fingerprint density at radius 3 is 2.57 bits per heavy atom. The van der Waals surface area contributed by atoms with Crippen LogP contribution in [0.5, 0.6) is 11.5 Å². The zero-order valence-corrected chi connectivity index (χ0v) is 21.4. The minimum absolute atomic E-state index is 0.105. The molecule has 2 heterocycles.